The lowest BCUT2D eigenvalue weighted by atomic mass is 10.2. The first-order chi connectivity index (χ1) is 9.71. The van der Waals surface area contributed by atoms with E-state index < -0.39 is 5.60 Å². The number of halogens is 1. The van der Waals surface area contributed by atoms with Gasteiger partial charge in [-0.25, -0.2) is 0 Å². The summed E-state index contributed by atoms with van der Waals surface area (Å²) in [7, 11) is 0. The van der Waals surface area contributed by atoms with Gasteiger partial charge < -0.3 is 15.4 Å². The summed E-state index contributed by atoms with van der Waals surface area (Å²) in [6.45, 7) is 7.31. The van der Waals surface area contributed by atoms with E-state index in [1.165, 1.54) is 0 Å². The van der Waals surface area contributed by atoms with Crippen molar-refractivity contribution in [2.75, 3.05) is 17.2 Å². The van der Waals surface area contributed by atoms with Crippen molar-refractivity contribution >= 4 is 34.8 Å². The zero-order valence-electron chi connectivity index (χ0n) is 12.7. The maximum Gasteiger partial charge on any atom is 0.250 e. The molecule has 0 heterocycles. The smallest absolute Gasteiger partial charge is 0.250 e. The van der Waals surface area contributed by atoms with Crippen LogP contribution in [0.2, 0.25) is 5.02 Å². The lowest BCUT2D eigenvalue weighted by Gasteiger charge is -2.19. The molecule has 1 aromatic carbocycles. The van der Waals surface area contributed by atoms with Gasteiger partial charge in [0.1, 0.15) is 6.61 Å². The zero-order valence-corrected chi connectivity index (χ0v) is 13.5. The molecule has 0 saturated carbocycles. The molecule has 5 nitrogen and oxygen atoms in total. The van der Waals surface area contributed by atoms with E-state index in [1.54, 1.807) is 25.1 Å². The van der Waals surface area contributed by atoms with Gasteiger partial charge in [0.2, 0.25) is 11.8 Å². The van der Waals surface area contributed by atoms with Crippen LogP contribution in [0.3, 0.4) is 0 Å². The first-order valence-corrected chi connectivity index (χ1v) is 7.12. The number of hydrogen-bond donors (Lipinski definition) is 2. The highest BCUT2D eigenvalue weighted by Gasteiger charge is 2.14. The van der Waals surface area contributed by atoms with Gasteiger partial charge in [0.15, 0.2) is 0 Å². The van der Waals surface area contributed by atoms with Crippen molar-refractivity contribution in [1.82, 2.24) is 0 Å². The first kappa shape index (κ1) is 17.5. The van der Waals surface area contributed by atoms with Crippen molar-refractivity contribution in [2.45, 2.75) is 39.7 Å². The van der Waals surface area contributed by atoms with E-state index in [1.807, 2.05) is 20.8 Å². The third kappa shape index (κ3) is 6.60. The maximum absolute atomic E-state index is 11.8. The molecule has 0 fully saturated rings. The van der Waals surface area contributed by atoms with Crippen LogP contribution in [0.1, 0.15) is 34.1 Å². The number of benzene rings is 1. The van der Waals surface area contributed by atoms with E-state index in [2.05, 4.69) is 10.6 Å². The molecule has 0 aliphatic heterocycles. The molecule has 0 spiro atoms. The van der Waals surface area contributed by atoms with Crippen LogP contribution in [0.25, 0.3) is 0 Å². The third-order valence-electron chi connectivity index (χ3n) is 2.48. The molecule has 0 aromatic heterocycles. The molecule has 0 aliphatic carbocycles. The predicted octanol–water partition coefficient (Wildman–Crippen LogP) is 3.44. The second-order valence-electron chi connectivity index (χ2n) is 5.55. The number of carbonyl (C=O) groups excluding carboxylic acids is 2. The Morgan fingerprint density at radius 3 is 2.43 bits per heavy atom. The molecule has 0 aliphatic rings. The number of rotatable bonds is 5. The standard InChI is InChI=1S/C15H21ClN2O3/c1-5-13(19)17-10-6-7-11(16)12(8-10)18-14(20)9-21-15(2,3)4/h6-8H,5,9H2,1-4H3,(H,17,19)(H,18,20). The number of amides is 2. The van der Waals surface area contributed by atoms with Crippen molar-refractivity contribution in [3.8, 4) is 0 Å². The molecule has 21 heavy (non-hydrogen) atoms. The number of hydrogen-bond acceptors (Lipinski definition) is 3. The molecule has 0 bridgehead atoms. The Labute approximate surface area is 130 Å². The molecule has 2 N–H and O–H groups in total. The van der Waals surface area contributed by atoms with Crippen LogP contribution in [-0.2, 0) is 14.3 Å². The van der Waals surface area contributed by atoms with Gasteiger partial charge in [-0.3, -0.25) is 9.59 Å². The summed E-state index contributed by atoms with van der Waals surface area (Å²) in [6.07, 6.45) is 0.379. The number of anilines is 2. The Bertz CT molecular complexity index is 524. The Kier molecular flexibility index (Phi) is 6.18. The maximum atomic E-state index is 11.8. The molecule has 2 amide bonds. The monoisotopic (exact) mass is 312 g/mol. The van der Waals surface area contributed by atoms with Gasteiger partial charge in [0.25, 0.3) is 0 Å². The van der Waals surface area contributed by atoms with E-state index >= 15 is 0 Å². The minimum atomic E-state index is -0.391. The highest BCUT2D eigenvalue weighted by atomic mass is 35.5. The van der Waals surface area contributed by atoms with E-state index in [4.69, 9.17) is 16.3 Å². The second kappa shape index (κ2) is 7.43. The number of ether oxygens (including phenoxy) is 1. The van der Waals surface area contributed by atoms with Gasteiger partial charge in [-0.2, -0.15) is 0 Å². The summed E-state index contributed by atoms with van der Waals surface area (Å²) in [5, 5.41) is 5.77. The Morgan fingerprint density at radius 2 is 1.86 bits per heavy atom. The number of nitrogens with one attached hydrogen (secondary N) is 2. The molecule has 1 aromatic rings. The molecule has 0 saturated heterocycles. The van der Waals surface area contributed by atoms with Gasteiger partial charge in [0, 0.05) is 12.1 Å². The quantitative estimate of drug-likeness (QED) is 0.875. The summed E-state index contributed by atoms with van der Waals surface area (Å²) < 4.78 is 5.39. The Balaban J connectivity index is 2.71. The molecular formula is C15H21ClN2O3. The molecular weight excluding hydrogens is 292 g/mol. The highest BCUT2D eigenvalue weighted by Crippen LogP contribution is 2.25. The normalized spacial score (nSPS) is 11.1. The number of carbonyl (C=O) groups is 2. The van der Waals surface area contributed by atoms with Crippen LogP contribution in [0.15, 0.2) is 18.2 Å². The Morgan fingerprint density at radius 1 is 1.19 bits per heavy atom. The average molecular weight is 313 g/mol. The topological polar surface area (TPSA) is 67.4 Å². The van der Waals surface area contributed by atoms with Crippen molar-refractivity contribution in [2.24, 2.45) is 0 Å². The van der Waals surface area contributed by atoms with Crippen LogP contribution < -0.4 is 10.6 Å². The van der Waals surface area contributed by atoms with Gasteiger partial charge in [-0.15, -0.1) is 0 Å². The lowest BCUT2D eigenvalue weighted by molar-refractivity contribution is -0.125. The molecule has 1 rings (SSSR count). The molecule has 0 radical (unpaired) electrons. The van der Waals surface area contributed by atoms with Gasteiger partial charge >= 0.3 is 0 Å². The van der Waals surface area contributed by atoms with Gasteiger partial charge in [0.05, 0.1) is 16.3 Å². The molecule has 0 unspecified atom stereocenters. The first-order valence-electron chi connectivity index (χ1n) is 6.74. The Hall–Kier alpha value is -1.59. The van der Waals surface area contributed by atoms with Gasteiger partial charge in [-0.1, -0.05) is 18.5 Å². The SMILES string of the molecule is CCC(=O)Nc1ccc(Cl)c(NC(=O)COC(C)(C)C)c1. The van der Waals surface area contributed by atoms with Crippen molar-refractivity contribution < 1.29 is 14.3 Å². The summed E-state index contributed by atoms with van der Waals surface area (Å²) in [6, 6.07) is 4.91. The molecule has 116 valence electrons. The van der Waals surface area contributed by atoms with E-state index in [9.17, 15) is 9.59 Å². The van der Waals surface area contributed by atoms with Crippen molar-refractivity contribution in [1.29, 1.82) is 0 Å². The average Bonchev–Trinajstić information content (AvgIpc) is 2.39. The minimum Gasteiger partial charge on any atom is -0.366 e. The van der Waals surface area contributed by atoms with Crippen molar-refractivity contribution in [3.05, 3.63) is 23.2 Å². The summed E-state index contributed by atoms with van der Waals surface area (Å²) in [5.74, 6) is -0.406. The van der Waals surface area contributed by atoms with Crippen LogP contribution in [0.5, 0.6) is 0 Å². The summed E-state index contributed by atoms with van der Waals surface area (Å²) >= 11 is 6.03. The summed E-state index contributed by atoms with van der Waals surface area (Å²) in [4.78, 5) is 23.2. The van der Waals surface area contributed by atoms with Crippen molar-refractivity contribution in [3.63, 3.8) is 0 Å². The second-order valence-corrected chi connectivity index (χ2v) is 5.95. The minimum absolute atomic E-state index is 0.0641. The van der Waals surface area contributed by atoms with Gasteiger partial charge in [-0.05, 0) is 39.0 Å². The zero-order chi connectivity index (χ0) is 16.0. The molecule has 0 atom stereocenters. The summed E-state index contributed by atoms with van der Waals surface area (Å²) in [5.41, 5.74) is 0.629. The van der Waals surface area contributed by atoms with Crippen LogP contribution in [0, 0.1) is 0 Å². The lowest BCUT2D eigenvalue weighted by Crippen LogP contribution is -2.27. The van der Waals surface area contributed by atoms with Crippen LogP contribution >= 0.6 is 11.6 Å². The largest absolute Gasteiger partial charge is 0.366 e. The van der Waals surface area contributed by atoms with E-state index in [0.717, 1.165) is 0 Å². The highest BCUT2D eigenvalue weighted by molar-refractivity contribution is 6.33. The van der Waals surface area contributed by atoms with Crippen LogP contribution in [-0.4, -0.2) is 24.0 Å². The fourth-order valence-corrected chi connectivity index (χ4v) is 1.58. The fourth-order valence-electron chi connectivity index (χ4n) is 1.42. The van der Waals surface area contributed by atoms with Crippen LogP contribution in [0.4, 0.5) is 11.4 Å². The fraction of sp³-hybridized carbons (Fsp3) is 0.467. The van der Waals surface area contributed by atoms with E-state index in [0.29, 0.717) is 22.8 Å². The predicted molar refractivity (Wildman–Crippen MR) is 84.7 cm³/mol. The molecule has 6 heteroatoms. The third-order valence-corrected chi connectivity index (χ3v) is 2.81. The van der Waals surface area contributed by atoms with E-state index in [-0.39, 0.29) is 18.4 Å².